The van der Waals surface area contributed by atoms with Crippen LogP contribution in [0.25, 0.3) is 0 Å². The van der Waals surface area contributed by atoms with Gasteiger partial charge in [0.25, 0.3) is 0 Å². The summed E-state index contributed by atoms with van der Waals surface area (Å²) in [6.07, 6.45) is 3.43. The minimum Gasteiger partial charge on any atom is -0.478 e. The molecule has 8 heteroatoms. The Morgan fingerprint density at radius 1 is 1.30 bits per heavy atom. The minimum atomic E-state index is -1.08. The number of nitrogens with one attached hydrogen (secondary N) is 2. The summed E-state index contributed by atoms with van der Waals surface area (Å²) in [6, 6.07) is 8.90. The summed E-state index contributed by atoms with van der Waals surface area (Å²) in [7, 11) is 0. The van der Waals surface area contributed by atoms with Crippen molar-refractivity contribution in [1.29, 1.82) is 0 Å². The zero-order valence-corrected chi connectivity index (χ0v) is 15.2. The van der Waals surface area contributed by atoms with Crippen molar-refractivity contribution in [2.24, 2.45) is 10.1 Å². The molecule has 0 unspecified atom stereocenters. The molecule has 0 aliphatic carbocycles. The highest BCUT2D eigenvalue weighted by molar-refractivity contribution is 6.06. The van der Waals surface area contributed by atoms with Gasteiger partial charge < -0.3 is 10.4 Å². The number of benzene rings is 1. The van der Waals surface area contributed by atoms with Gasteiger partial charge in [0.05, 0.1) is 17.0 Å². The Bertz CT molecular complexity index is 851. The summed E-state index contributed by atoms with van der Waals surface area (Å²) in [5.74, 6) is -1.13. The predicted octanol–water partition coefficient (Wildman–Crippen LogP) is 3.31. The molecule has 0 amide bonds. The number of halogens is 1. The van der Waals surface area contributed by atoms with Crippen LogP contribution in [0.2, 0.25) is 0 Å². The summed E-state index contributed by atoms with van der Waals surface area (Å²) in [5.41, 5.74) is 3.92. The first-order valence-corrected chi connectivity index (χ1v) is 8.58. The van der Waals surface area contributed by atoms with Gasteiger partial charge in [-0.25, -0.2) is 19.6 Å². The standard InChI is InChI=1S/C19H22FN5O2/c1-3-4-10-22-19(23-15-8-5-7-14(20)12-15)25-24-13(2)17-16(18(26)27)9-6-11-21-17/h5-9,11-12H,3-4,10H2,1-2H3,(H,26,27)(H2,22,23,25). The number of hydrogen-bond donors (Lipinski definition) is 3. The molecule has 142 valence electrons. The van der Waals surface area contributed by atoms with E-state index in [-0.39, 0.29) is 17.1 Å². The minimum absolute atomic E-state index is 0.0584. The zero-order chi connectivity index (χ0) is 19.6. The number of pyridine rings is 1. The normalized spacial score (nSPS) is 12.0. The first kappa shape index (κ1) is 20.0. The number of hydrazone groups is 1. The van der Waals surface area contributed by atoms with Gasteiger partial charge in [-0.1, -0.05) is 19.4 Å². The summed E-state index contributed by atoms with van der Waals surface area (Å²) in [4.78, 5) is 19.7. The van der Waals surface area contributed by atoms with E-state index in [9.17, 15) is 14.3 Å². The van der Waals surface area contributed by atoms with E-state index < -0.39 is 5.97 Å². The number of nitrogens with zero attached hydrogens (tertiary/aromatic N) is 3. The fourth-order valence-electron chi connectivity index (χ4n) is 2.22. The number of carboxylic acid groups (broad SMARTS) is 1. The molecule has 27 heavy (non-hydrogen) atoms. The highest BCUT2D eigenvalue weighted by Gasteiger charge is 2.13. The Morgan fingerprint density at radius 2 is 2.11 bits per heavy atom. The van der Waals surface area contributed by atoms with Crippen molar-refractivity contribution in [2.75, 3.05) is 6.54 Å². The molecule has 0 aliphatic heterocycles. The molecule has 0 saturated carbocycles. The Kier molecular flexibility index (Phi) is 7.42. The van der Waals surface area contributed by atoms with Gasteiger partial charge in [0.2, 0.25) is 5.96 Å². The smallest absolute Gasteiger partial charge is 0.337 e. The highest BCUT2D eigenvalue weighted by atomic mass is 19.1. The van der Waals surface area contributed by atoms with Crippen molar-refractivity contribution in [3.8, 4) is 0 Å². The van der Waals surface area contributed by atoms with E-state index in [1.165, 1.54) is 24.4 Å². The van der Waals surface area contributed by atoms with E-state index in [1.54, 1.807) is 25.1 Å². The number of aliphatic imine (C=N–C) groups is 1. The summed E-state index contributed by atoms with van der Waals surface area (Å²) < 4.78 is 13.4. The van der Waals surface area contributed by atoms with Crippen LogP contribution in [0.3, 0.4) is 0 Å². The van der Waals surface area contributed by atoms with Crippen LogP contribution in [0, 0.1) is 5.82 Å². The third-order valence-corrected chi connectivity index (χ3v) is 3.58. The average Bonchev–Trinajstić information content (AvgIpc) is 2.66. The quantitative estimate of drug-likeness (QED) is 0.300. The Balaban J connectivity index is 2.24. The van der Waals surface area contributed by atoms with Crippen LogP contribution in [0.5, 0.6) is 0 Å². The SMILES string of the molecule is CCCCNC(=Nc1cccc(F)c1)NN=C(C)c1ncccc1C(=O)O. The third kappa shape index (κ3) is 6.18. The second kappa shape index (κ2) is 10.0. The topological polar surface area (TPSA) is 99.0 Å². The number of guanidine groups is 1. The van der Waals surface area contributed by atoms with Gasteiger partial charge in [-0.05, 0) is 43.7 Å². The molecule has 0 atom stereocenters. The van der Waals surface area contributed by atoms with Crippen molar-refractivity contribution < 1.29 is 14.3 Å². The maximum atomic E-state index is 13.4. The molecule has 1 aromatic carbocycles. The molecule has 1 heterocycles. The molecule has 7 nitrogen and oxygen atoms in total. The maximum absolute atomic E-state index is 13.4. The van der Waals surface area contributed by atoms with Gasteiger partial charge in [0.15, 0.2) is 0 Å². The van der Waals surface area contributed by atoms with Crippen molar-refractivity contribution in [1.82, 2.24) is 15.7 Å². The van der Waals surface area contributed by atoms with Gasteiger partial charge in [0, 0.05) is 12.7 Å². The zero-order valence-electron chi connectivity index (χ0n) is 15.2. The lowest BCUT2D eigenvalue weighted by molar-refractivity contribution is 0.0696. The Hall–Kier alpha value is -3.29. The molecule has 3 N–H and O–H groups in total. The third-order valence-electron chi connectivity index (χ3n) is 3.58. The van der Waals surface area contributed by atoms with Crippen LogP contribution < -0.4 is 10.7 Å². The second-order valence-corrected chi connectivity index (χ2v) is 5.73. The lowest BCUT2D eigenvalue weighted by Crippen LogP contribution is -2.35. The van der Waals surface area contributed by atoms with Crippen LogP contribution in [-0.4, -0.2) is 34.3 Å². The van der Waals surface area contributed by atoms with Crippen molar-refractivity contribution in [3.63, 3.8) is 0 Å². The Labute approximate surface area is 157 Å². The molecule has 1 aromatic heterocycles. The average molecular weight is 371 g/mol. The van der Waals surface area contributed by atoms with E-state index in [1.807, 2.05) is 0 Å². The largest absolute Gasteiger partial charge is 0.478 e. The van der Waals surface area contributed by atoms with Crippen LogP contribution in [0.15, 0.2) is 52.7 Å². The fraction of sp³-hybridized carbons (Fsp3) is 0.263. The monoisotopic (exact) mass is 371 g/mol. The van der Waals surface area contributed by atoms with E-state index in [2.05, 4.69) is 32.7 Å². The highest BCUT2D eigenvalue weighted by Crippen LogP contribution is 2.13. The second-order valence-electron chi connectivity index (χ2n) is 5.73. The number of unbranched alkanes of at least 4 members (excludes halogenated alkanes) is 1. The molecule has 0 bridgehead atoms. The van der Waals surface area contributed by atoms with Crippen molar-refractivity contribution >= 4 is 23.3 Å². The van der Waals surface area contributed by atoms with Crippen molar-refractivity contribution in [3.05, 3.63) is 59.7 Å². The lowest BCUT2D eigenvalue weighted by atomic mass is 10.1. The number of aromatic carboxylic acids is 1. The molecule has 0 radical (unpaired) electrons. The molecule has 0 fully saturated rings. The number of rotatable bonds is 7. The van der Waals surface area contributed by atoms with E-state index in [4.69, 9.17) is 0 Å². The molecule has 2 aromatic rings. The first-order valence-electron chi connectivity index (χ1n) is 8.58. The fourth-order valence-corrected chi connectivity index (χ4v) is 2.22. The van der Waals surface area contributed by atoms with E-state index >= 15 is 0 Å². The Morgan fingerprint density at radius 3 is 2.81 bits per heavy atom. The maximum Gasteiger partial charge on any atom is 0.337 e. The lowest BCUT2D eigenvalue weighted by Gasteiger charge is -2.10. The van der Waals surface area contributed by atoms with Crippen LogP contribution >= 0.6 is 0 Å². The van der Waals surface area contributed by atoms with Gasteiger partial charge in [-0.2, -0.15) is 5.10 Å². The van der Waals surface area contributed by atoms with E-state index in [0.717, 1.165) is 12.8 Å². The summed E-state index contributed by atoms with van der Waals surface area (Å²) >= 11 is 0. The predicted molar refractivity (Wildman–Crippen MR) is 103 cm³/mol. The summed E-state index contributed by atoms with van der Waals surface area (Å²) in [5, 5.41) is 16.6. The van der Waals surface area contributed by atoms with Gasteiger partial charge in [-0.3, -0.25) is 4.98 Å². The molecule has 2 rings (SSSR count). The van der Waals surface area contributed by atoms with Gasteiger partial charge in [0.1, 0.15) is 11.5 Å². The molecule has 0 aliphatic rings. The molecular weight excluding hydrogens is 349 g/mol. The number of aromatic nitrogens is 1. The van der Waals surface area contributed by atoms with Crippen molar-refractivity contribution in [2.45, 2.75) is 26.7 Å². The van der Waals surface area contributed by atoms with E-state index in [0.29, 0.717) is 23.9 Å². The van der Waals surface area contributed by atoms with Crippen LogP contribution in [-0.2, 0) is 0 Å². The van der Waals surface area contributed by atoms with Gasteiger partial charge >= 0.3 is 5.97 Å². The molecule has 0 saturated heterocycles. The number of carboxylic acids is 1. The van der Waals surface area contributed by atoms with Crippen LogP contribution in [0.1, 0.15) is 42.7 Å². The number of hydrogen-bond acceptors (Lipinski definition) is 4. The number of carbonyl (C=O) groups is 1. The first-order chi connectivity index (χ1) is 13.0. The molecule has 0 spiro atoms. The van der Waals surface area contributed by atoms with Crippen LogP contribution in [0.4, 0.5) is 10.1 Å². The summed E-state index contributed by atoms with van der Waals surface area (Å²) in [6.45, 7) is 4.37. The van der Waals surface area contributed by atoms with Gasteiger partial charge in [-0.15, -0.1) is 0 Å². The molecular formula is C19H22FN5O2.